The predicted molar refractivity (Wildman–Crippen MR) is 71.0 cm³/mol. The fourth-order valence-electron chi connectivity index (χ4n) is 2.17. The van der Waals surface area contributed by atoms with E-state index in [0.29, 0.717) is 30.7 Å². The van der Waals surface area contributed by atoms with E-state index in [-0.39, 0.29) is 12.2 Å². The first-order valence-corrected chi connectivity index (χ1v) is 6.10. The highest BCUT2D eigenvalue weighted by atomic mass is 16.3. The molecule has 0 spiro atoms. The molecule has 0 radical (unpaired) electrons. The summed E-state index contributed by atoms with van der Waals surface area (Å²) < 4.78 is 0.629. The van der Waals surface area contributed by atoms with Crippen LogP contribution in [0, 0.1) is 0 Å². The highest BCUT2D eigenvalue weighted by Crippen LogP contribution is 2.04. The van der Waals surface area contributed by atoms with Gasteiger partial charge in [0.25, 0.3) is 0 Å². The number of hydrogen-bond donors (Lipinski definition) is 2. The van der Waals surface area contributed by atoms with Gasteiger partial charge in [0.1, 0.15) is 25.3 Å². The summed E-state index contributed by atoms with van der Waals surface area (Å²) in [5, 5.41) is 19.8. The third-order valence-electron chi connectivity index (χ3n) is 2.56. The van der Waals surface area contributed by atoms with Crippen molar-refractivity contribution < 1.29 is 14.7 Å². The van der Waals surface area contributed by atoms with E-state index < -0.39 is 0 Å². The van der Waals surface area contributed by atoms with Crippen molar-refractivity contribution in [3.63, 3.8) is 0 Å². The van der Waals surface area contributed by atoms with Crippen LogP contribution >= 0.6 is 0 Å². The summed E-state index contributed by atoms with van der Waals surface area (Å²) in [5.41, 5.74) is 0. The third kappa shape index (κ3) is 9.50. The number of quaternary nitrogens is 1. The van der Waals surface area contributed by atoms with Gasteiger partial charge in [-0.1, -0.05) is 0 Å². The standard InChI is InChI=1S/C12H30N3O2/c1-13(2)7-11(16)9-15(5,6)10-12(17)8-14(3)4/h11-12,16-17H,7-10H2,1-6H3/q+1. The van der Waals surface area contributed by atoms with Gasteiger partial charge in [0.15, 0.2) is 0 Å². The number of nitrogens with zero attached hydrogens (tertiary/aromatic N) is 3. The third-order valence-corrected chi connectivity index (χ3v) is 2.56. The molecule has 2 unspecified atom stereocenters. The molecule has 0 amide bonds. The molecule has 0 aromatic heterocycles. The molecule has 5 nitrogen and oxygen atoms in total. The summed E-state index contributed by atoms with van der Waals surface area (Å²) >= 11 is 0. The Morgan fingerprint density at radius 3 is 1.35 bits per heavy atom. The molecule has 0 saturated heterocycles. The van der Waals surface area contributed by atoms with Gasteiger partial charge in [0.2, 0.25) is 0 Å². The number of aliphatic hydroxyl groups excluding tert-OH is 2. The van der Waals surface area contributed by atoms with Crippen LogP contribution in [0.15, 0.2) is 0 Å². The van der Waals surface area contributed by atoms with Gasteiger partial charge in [0, 0.05) is 13.1 Å². The van der Waals surface area contributed by atoms with Crippen LogP contribution in [0.2, 0.25) is 0 Å². The first-order valence-electron chi connectivity index (χ1n) is 6.10. The Balaban J connectivity index is 4.09. The zero-order chi connectivity index (χ0) is 13.6. The first-order chi connectivity index (χ1) is 7.62. The maximum absolute atomic E-state index is 9.90. The molecule has 2 atom stereocenters. The molecule has 0 aliphatic carbocycles. The van der Waals surface area contributed by atoms with Crippen LogP contribution < -0.4 is 0 Å². The van der Waals surface area contributed by atoms with Crippen LogP contribution in [-0.2, 0) is 0 Å². The molecule has 0 bridgehead atoms. The van der Waals surface area contributed by atoms with E-state index in [1.807, 2.05) is 52.1 Å². The highest BCUT2D eigenvalue weighted by Gasteiger charge is 2.24. The van der Waals surface area contributed by atoms with Crippen molar-refractivity contribution in [2.24, 2.45) is 0 Å². The van der Waals surface area contributed by atoms with Gasteiger partial charge < -0.3 is 24.5 Å². The van der Waals surface area contributed by atoms with Crippen LogP contribution in [0.5, 0.6) is 0 Å². The van der Waals surface area contributed by atoms with Crippen LogP contribution in [0.4, 0.5) is 0 Å². The number of likely N-dealkylation sites (N-methyl/N-ethyl adjacent to an activating group) is 3. The van der Waals surface area contributed by atoms with Crippen LogP contribution in [0.1, 0.15) is 0 Å². The second kappa shape index (κ2) is 7.28. The molecular weight excluding hydrogens is 218 g/mol. The maximum atomic E-state index is 9.90. The van der Waals surface area contributed by atoms with E-state index >= 15 is 0 Å². The zero-order valence-electron chi connectivity index (χ0n) is 12.2. The molecule has 0 heterocycles. The van der Waals surface area contributed by atoms with E-state index in [0.717, 1.165) is 0 Å². The second-order valence-corrected chi connectivity index (χ2v) is 6.13. The normalized spacial score (nSPS) is 16.6. The number of hydrogen-bond acceptors (Lipinski definition) is 4. The fourth-order valence-corrected chi connectivity index (χ4v) is 2.17. The highest BCUT2D eigenvalue weighted by molar-refractivity contribution is 4.61. The van der Waals surface area contributed by atoms with Gasteiger partial charge >= 0.3 is 0 Å². The minimum atomic E-state index is -0.355. The lowest BCUT2D eigenvalue weighted by Crippen LogP contribution is -2.52. The van der Waals surface area contributed by atoms with Gasteiger partial charge in [-0.25, -0.2) is 0 Å². The summed E-state index contributed by atoms with van der Waals surface area (Å²) in [6.07, 6.45) is -0.710. The van der Waals surface area contributed by atoms with Crippen molar-refractivity contribution in [3.8, 4) is 0 Å². The van der Waals surface area contributed by atoms with E-state index in [1.165, 1.54) is 0 Å². The Labute approximate surface area is 106 Å². The lowest BCUT2D eigenvalue weighted by Gasteiger charge is -2.34. The van der Waals surface area contributed by atoms with Crippen molar-refractivity contribution in [1.29, 1.82) is 0 Å². The molecular formula is C12H30N3O2+. The van der Waals surface area contributed by atoms with Gasteiger partial charge in [-0.15, -0.1) is 0 Å². The zero-order valence-corrected chi connectivity index (χ0v) is 12.2. The lowest BCUT2D eigenvalue weighted by atomic mass is 10.2. The van der Waals surface area contributed by atoms with Gasteiger partial charge in [-0.2, -0.15) is 0 Å². The van der Waals surface area contributed by atoms with Gasteiger partial charge in [0.05, 0.1) is 14.1 Å². The van der Waals surface area contributed by atoms with E-state index in [2.05, 4.69) is 0 Å². The minimum absolute atomic E-state index is 0.355. The molecule has 2 N–H and O–H groups in total. The molecule has 0 aromatic rings. The molecule has 5 heteroatoms. The molecule has 17 heavy (non-hydrogen) atoms. The Morgan fingerprint density at radius 2 is 1.12 bits per heavy atom. The molecule has 0 aromatic carbocycles. The van der Waals surface area contributed by atoms with Gasteiger partial charge in [-0.05, 0) is 28.2 Å². The second-order valence-electron chi connectivity index (χ2n) is 6.13. The fraction of sp³-hybridized carbons (Fsp3) is 1.00. The maximum Gasteiger partial charge on any atom is 0.115 e. The molecule has 0 aliphatic rings. The van der Waals surface area contributed by atoms with Crippen LogP contribution in [0.3, 0.4) is 0 Å². The monoisotopic (exact) mass is 248 g/mol. The largest absolute Gasteiger partial charge is 0.386 e. The molecule has 104 valence electrons. The summed E-state index contributed by atoms with van der Waals surface area (Å²) in [6.45, 7) is 2.63. The average molecular weight is 248 g/mol. The van der Waals surface area contributed by atoms with Crippen molar-refractivity contribution in [2.45, 2.75) is 12.2 Å². The summed E-state index contributed by atoms with van der Waals surface area (Å²) in [5.74, 6) is 0. The van der Waals surface area contributed by atoms with Crippen molar-refractivity contribution in [2.75, 3.05) is 68.5 Å². The predicted octanol–water partition coefficient (Wildman–Crippen LogP) is -1.09. The van der Waals surface area contributed by atoms with Crippen molar-refractivity contribution >= 4 is 0 Å². The number of rotatable bonds is 8. The summed E-state index contributed by atoms with van der Waals surface area (Å²) in [6, 6.07) is 0. The molecule has 0 aliphatic heterocycles. The summed E-state index contributed by atoms with van der Waals surface area (Å²) in [4.78, 5) is 3.95. The Bertz CT molecular complexity index is 188. The van der Waals surface area contributed by atoms with Crippen molar-refractivity contribution in [3.05, 3.63) is 0 Å². The smallest absolute Gasteiger partial charge is 0.115 e. The van der Waals surface area contributed by atoms with Crippen LogP contribution in [-0.4, -0.2) is 105 Å². The topological polar surface area (TPSA) is 46.9 Å². The Hall–Kier alpha value is -0.200. The molecule has 0 fully saturated rings. The number of aliphatic hydroxyl groups is 2. The lowest BCUT2D eigenvalue weighted by molar-refractivity contribution is -0.896. The van der Waals surface area contributed by atoms with E-state index in [4.69, 9.17) is 0 Å². The SMILES string of the molecule is CN(C)CC(O)C[N+](C)(C)CC(O)CN(C)C. The van der Waals surface area contributed by atoms with Crippen molar-refractivity contribution in [1.82, 2.24) is 9.80 Å². The van der Waals surface area contributed by atoms with Crippen LogP contribution in [0.25, 0.3) is 0 Å². The quantitative estimate of drug-likeness (QED) is 0.536. The summed E-state index contributed by atoms with van der Waals surface area (Å²) in [7, 11) is 11.9. The average Bonchev–Trinajstić information content (AvgIpc) is 1.95. The first kappa shape index (κ1) is 16.8. The van der Waals surface area contributed by atoms with E-state index in [1.54, 1.807) is 0 Å². The molecule has 0 rings (SSSR count). The minimum Gasteiger partial charge on any atom is -0.386 e. The Kier molecular flexibility index (Phi) is 7.20. The van der Waals surface area contributed by atoms with E-state index in [9.17, 15) is 10.2 Å². The molecule has 0 saturated carbocycles. The Morgan fingerprint density at radius 1 is 0.824 bits per heavy atom. The van der Waals surface area contributed by atoms with Gasteiger partial charge in [-0.3, -0.25) is 0 Å².